The second kappa shape index (κ2) is 5.64. The van der Waals surface area contributed by atoms with Crippen molar-refractivity contribution >= 4 is 6.01 Å². The molecule has 0 aliphatic heterocycles. The predicted octanol–water partition coefficient (Wildman–Crippen LogP) is 1.90. The fraction of sp³-hybridized carbons (Fsp3) is 0.385. The van der Waals surface area contributed by atoms with Crippen LogP contribution in [0.25, 0.3) is 0 Å². The Morgan fingerprint density at radius 2 is 2.11 bits per heavy atom. The van der Waals surface area contributed by atoms with Crippen molar-refractivity contribution in [2.75, 3.05) is 11.4 Å². The highest BCUT2D eigenvalue weighted by Gasteiger charge is 2.12. The standard InChI is InChI=1S/C13H17N3O2/c1-3-16(13-15-12(8-17)9-18-13)7-11-6-4-5-10(2)14-11/h4-6,9,17H,3,7-8H2,1-2H3. The van der Waals surface area contributed by atoms with E-state index in [-0.39, 0.29) is 6.61 Å². The summed E-state index contributed by atoms with van der Waals surface area (Å²) in [6.45, 7) is 5.29. The Balaban J connectivity index is 2.14. The Bertz CT molecular complexity index is 510. The number of oxazole rings is 1. The van der Waals surface area contributed by atoms with Gasteiger partial charge in [-0.25, -0.2) is 0 Å². The predicted molar refractivity (Wildman–Crippen MR) is 68.1 cm³/mol. The minimum Gasteiger partial charge on any atom is -0.432 e. The van der Waals surface area contributed by atoms with Crippen LogP contribution >= 0.6 is 0 Å². The van der Waals surface area contributed by atoms with E-state index in [0.29, 0.717) is 18.3 Å². The maximum absolute atomic E-state index is 8.98. The molecule has 0 aliphatic rings. The number of hydrogen-bond acceptors (Lipinski definition) is 5. The second-order valence-corrected chi connectivity index (χ2v) is 4.06. The van der Waals surface area contributed by atoms with Crippen molar-refractivity contribution < 1.29 is 9.52 Å². The topological polar surface area (TPSA) is 62.4 Å². The summed E-state index contributed by atoms with van der Waals surface area (Å²) >= 11 is 0. The van der Waals surface area contributed by atoms with Crippen molar-refractivity contribution in [1.82, 2.24) is 9.97 Å². The van der Waals surface area contributed by atoms with Gasteiger partial charge in [-0.2, -0.15) is 4.98 Å². The smallest absolute Gasteiger partial charge is 0.297 e. The van der Waals surface area contributed by atoms with Crippen LogP contribution < -0.4 is 4.90 Å². The lowest BCUT2D eigenvalue weighted by Gasteiger charge is -2.17. The van der Waals surface area contributed by atoms with Crippen LogP contribution in [0.1, 0.15) is 24.0 Å². The van der Waals surface area contributed by atoms with Crippen molar-refractivity contribution in [3.8, 4) is 0 Å². The molecule has 0 spiro atoms. The zero-order valence-corrected chi connectivity index (χ0v) is 10.6. The van der Waals surface area contributed by atoms with Gasteiger partial charge in [0.1, 0.15) is 12.0 Å². The first-order chi connectivity index (χ1) is 8.72. The van der Waals surface area contributed by atoms with Crippen LogP contribution in [0.3, 0.4) is 0 Å². The highest BCUT2D eigenvalue weighted by molar-refractivity contribution is 5.28. The summed E-state index contributed by atoms with van der Waals surface area (Å²) in [6.07, 6.45) is 1.47. The third kappa shape index (κ3) is 2.87. The second-order valence-electron chi connectivity index (χ2n) is 4.06. The Morgan fingerprint density at radius 1 is 1.28 bits per heavy atom. The van der Waals surface area contributed by atoms with E-state index in [9.17, 15) is 0 Å². The summed E-state index contributed by atoms with van der Waals surface area (Å²) in [6, 6.07) is 6.45. The first kappa shape index (κ1) is 12.6. The van der Waals surface area contributed by atoms with Gasteiger partial charge in [-0.3, -0.25) is 4.98 Å². The number of aliphatic hydroxyl groups is 1. The number of aryl methyl sites for hydroxylation is 1. The molecule has 0 aromatic carbocycles. The van der Waals surface area contributed by atoms with Crippen LogP contribution in [-0.2, 0) is 13.2 Å². The van der Waals surface area contributed by atoms with Crippen molar-refractivity contribution in [2.24, 2.45) is 0 Å². The minimum atomic E-state index is -0.107. The minimum absolute atomic E-state index is 0.107. The fourth-order valence-corrected chi connectivity index (χ4v) is 1.71. The first-order valence-electron chi connectivity index (χ1n) is 5.95. The van der Waals surface area contributed by atoms with Gasteiger partial charge in [0, 0.05) is 12.2 Å². The normalized spacial score (nSPS) is 10.6. The quantitative estimate of drug-likeness (QED) is 0.874. The fourth-order valence-electron chi connectivity index (χ4n) is 1.71. The molecule has 0 radical (unpaired) electrons. The monoisotopic (exact) mass is 247 g/mol. The molecule has 0 fully saturated rings. The van der Waals surface area contributed by atoms with E-state index in [1.807, 2.05) is 36.9 Å². The van der Waals surface area contributed by atoms with Crippen LogP contribution in [0, 0.1) is 6.92 Å². The van der Waals surface area contributed by atoms with Crippen LogP contribution in [0.4, 0.5) is 6.01 Å². The SMILES string of the molecule is CCN(Cc1cccc(C)n1)c1nc(CO)co1. The average molecular weight is 247 g/mol. The molecule has 0 saturated carbocycles. The summed E-state index contributed by atoms with van der Waals surface area (Å²) < 4.78 is 5.34. The van der Waals surface area contributed by atoms with E-state index in [0.717, 1.165) is 17.9 Å². The van der Waals surface area contributed by atoms with Gasteiger partial charge >= 0.3 is 0 Å². The van der Waals surface area contributed by atoms with Gasteiger partial charge < -0.3 is 14.4 Å². The lowest BCUT2D eigenvalue weighted by Crippen LogP contribution is -2.23. The number of nitrogens with zero attached hydrogens (tertiary/aromatic N) is 3. The van der Waals surface area contributed by atoms with E-state index in [1.165, 1.54) is 6.26 Å². The molecule has 96 valence electrons. The highest BCUT2D eigenvalue weighted by atomic mass is 16.4. The number of anilines is 1. The van der Waals surface area contributed by atoms with Gasteiger partial charge in [-0.1, -0.05) is 6.07 Å². The van der Waals surface area contributed by atoms with Crippen LogP contribution in [0.2, 0.25) is 0 Å². The molecule has 0 aliphatic carbocycles. The number of hydrogen-bond donors (Lipinski definition) is 1. The van der Waals surface area contributed by atoms with E-state index in [2.05, 4.69) is 9.97 Å². The molecule has 1 N–H and O–H groups in total. The molecule has 0 amide bonds. The largest absolute Gasteiger partial charge is 0.432 e. The summed E-state index contributed by atoms with van der Waals surface area (Å²) in [7, 11) is 0. The van der Waals surface area contributed by atoms with E-state index < -0.39 is 0 Å². The highest BCUT2D eigenvalue weighted by Crippen LogP contribution is 2.16. The Labute approximate surface area is 106 Å². The first-order valence-corrected chi connectivity index (χ1v) is 5.95. The molecular weight excluding hydrogens is 230 g/mol. The zero-order valence-electron chi connectivity index (χ0n) is 10.6. The van der Waals surface area contributed by atoms with E-state index in [4.69, 9.17) is 9.52 Å². The third-order valence-electron chi connectivity index (χ3n) is 2.65. The average Bonchev–Trinajstić information content (AvgIpc) is 2.84. The summed E-state index contributed by atoms with van der Waals surface area (Å²) in [5.74, 6) is 0. The maximum atomic E-state index is 8.98. The molecular formula is C13H17N3O2. The number of aliphatic hydroxyl groups excluding tert-OH is 1. The summed E-state index contributed by atoms with van der Waals surface area (Å²) in [5, 5.41) is 8.98. The molecule has 18 heavy (non-hydrogen) atoms. The molecule has 2 aromatic rings. The number of pyridine rings is 1. The van der Waals surface area contributed by atoms with Gasteiger partial charge in [0.2, 0.25) is 0 Å². The van der Waals surface area contributed by atoms with E-state index in [1.54, 1.807) is 0 Å². The Kier molecular flexibility index (Phi) is 3.94. The molecule has 0 saturated heterocycles. The third-order valence-corrected chi connectivity index (χ3v) is 2.65. The molecule has 2 rings (SSSR count). The molecule has 2 aromatic heterocycles. The molecule has 0 atom stereocenters. The van der Waals surface area contributed by atoms with Gasteiger partial charge in [0.25, 0.3) is 6.01 Å². The Hall–Kier alpha value is -1.88. The molecule has 5 heteroatoms. The van der Waals surface area contributed by atoms with Crippen molar-refractivity contribution in [1.29, 1.82) is 0 Å². The number of aromatic nitrogens is 2. The van der Waals surface area contributed by atoms with Crippen molar-refractivity contribution in [3.05, 3.63) is 41.5 Å². The van der Waals surface area contributed by atoms with Gasteiger partial charge in [-0.15, -0.1) is 0 Å². The maximum Gasteiger partial charge on any atom is 0.297 e. The van der Waals surface area contributed by atoms with Crippen molar-refractivity contribution in [2.45, 2.75) is 27.0 Å². The van der Waals surface area contributed by atoms with Crippen LogP contribution in [0.5, 0.6) is 0 Å². The molecule has 0 bridgehead atoms. The molecule has 5 nitrogen and oxygen atoms in total. The number of rotatable bonds is 5. The van der Waals surface area contributed by atoms with E-state index >= 15 is 0 Å². The van der Waals surface area contributed by atoms with Crippen LogP contribution in [0.15, 0.2) is 28.9 Å². The van der Waals surface area contributed by atoms with Crippen molar-refractivity contribution in [3.63, 3.8) is 0 Å². The molecule has 0 unspecified atom stereocenters. The van der Waals surface area contributed by atoms with Gasteiger partial charge in [0.05, 0.1) is 18.8 Å². The lowest BCUT2D eigenvalue weighted by atomic mass is 10.3. The van der Waals surface area contributed by atoms with Gasteiger partial charge in [0.15, 0.2) is 0 Å². The zero-order chi connectivity index (χ0) is 13.0. The van der Waals surface area contributed by atoms with Gasteiger partial charge in [-0.05, 0) is 26.0 Å². The summed E-state index contributed by atoms with van der Waals surface area (Å²) in [4.78, 5) is 10.6. The van der Waals surface area contributed by atoms with Crippen LogP contribution in [-0.4, -0.2) is 21.6 Å². The Morgan fingerprint density at radius 3 is 2.72 bits per heavy atom. The lowest BCUT2D eigenvalue weighted by molar-refractivity contribution is 0.276. The summed E-state index contributed by atoms with van der Waals surface area (Å²) in [5.41, 5.74) is 2.51. The molecule has 2 heterocycles.